The van der Waals surface area contributed by atoms with Gasteiger partial charge >= 0.3 is 6.09 Å². The normalized spacial score (nSPS) is 10.2. The van der Waals surface area contributed by atoms with Crippen molar-refractivity contribution >= 4 is 34.8 Å². The minimum atomic E-state index is -1.18. The fraction of sp³-hybridized carbons (Fsp3) is 0.0714. The van der Waals surface area contributed by atoms with Crippen molar-refractivity contribution in [2.75, 3.05) is 16.4 Å². The van der Waals surface area contributed by atoms with Crippen LogP contribution in [0.3, 0.4) is 0 Å². The topological polar surface area (TPSA) is 87.4 Å². The Morgan fingerprint density at radius 2 is 2.05 bits per heavy atom. The van der Waals surface area contributed by atoms with Gasteiger partial charge in [-0.3, -0.25) is 5.32 Å². The second-order valence-electron chi connectivity index (χ2n) is 4.33. The third-order valence-electron chi connectivity index (χ3n) is 2.77. The molecule has 7 heteroatoms. The monoisotopic (exact) mass is 309 g/mol. The average Bonchev–Trinajstić information content (AvgIpc) is 2.42. The molecule has 0 aliphatic carbocycles. The molecule has 2 rings (SSSR count). The van der Waals surface area contributed by atoms with Gasteiger partial charge in [-0.05, 0) is 35.9 Å². The first kappa shape index (κ1) is 14.9. The number of carboxylic acid groups (broad SMARTS) is 1. The molecule has 0 spiro atoms. The highest BCUT2D eigenvalue weighted by Gasteiger charge is 2.05. The molecule has 1 amide bonds. The van der Waals surface area contributed by atoms with Gasteiger partial charge in [0, 0.05) is 12.2 Å². The molecule has 0 heterocycles. The van der Waals surface area contributed by atoms with Crippen molar-refractivity contribution in [3.63, 3.8) is 0 Å². The molecular weight excluding hydrogens is 297 g/mol. The number of nitrogen functional groups attached to an aromatic ring is 1. The molecule has 0 aliphatic heterocycles. The van der Waals surface area contributed by atoms with Crippen molar-refractivity contribution in [3.05, 3.63) is 52.8 Å². The maximum atomic E-state index is 13.3. The zero-order valence-electron chi connectivity index (χ0n) is 10.9. The van der Waals surface area contributed by atoms with E-state index in [9.17, 15) is 9.18 Å². The predicted molar refractivity (Wildman–Crippen MR) is 81.2 cm³/mol. The quantitative estimate of drug-likeness (QED) is 0.648. The Bertz CT molecular complexity index is 679. The largest absolute Gasteiger partial charge is 0.465 e. The minimum absolute atomic E-state index is 0.0638. The molecule has 2 aromatic rings. The third kappa shape index (κ3) is 4.00. The van der Waals surface area contributed by atoms with Crippen LogP contribution in [0.1, 0.15) is 5.56 Å². The molecule has 0 saturated carbocycles. The van der Waals surface area contributed by atoms with Gasteiger partial charge in [-0.2, -0.15) is 0 Å². The molecule has 0 aromatic heterocycles. The maximum absolute atomic E-state index is 13.3. The summed E-state index contributed by atoms with van der Waals surface area (Å²) in [6, 6.07) is 9.36. The summed E-state index contributed by atoms with van der Waals surface area (Å²) in [5.41, 5.74) is 7.81. The Kier molecular flexibility index (Phi) is 4.49. The van der Waals surface area contributed by atoms with Gasteiger partial charge in [0.2, 0.25) is 0 Å². The number of hydrogen-bond acceptors (Lipinski definition) is 3. The van der Waals surface area contributed by atoms with Gasteiger partial charge in [0.05, 0.1) is 16.4 Å². The highest BCUT2D eigenvalue weighted by molar-refractivity contribution is 6.30. The number of benzene rings is 2. The summed E-state index contributed by atoms with van der Waals surface area (Å²) in [6.45, 7) is 0.415. The SMILES string of the molecule is Nc1cc(CNc2ccc(Cl)c(F)c2)ccc1NC(=O)O. The maximum Gasteiger partial charge on any atom is 0.409 e. The standard InChI is InChI=1S/C14H13ClFN3O2/c15-10-3-2-9(6-11(10)16)18-7-8-1-4-13(12(17)5-8)19-14(20)21/h1-6,18-19H,7,17H2,(H,20,21). The van der Waals surface area contributed by atoms with Gasteiger partial charge in [0.25, 0.3) is 0 Å². The van der Waals surface area contributed by atoms with Crippen molar-refractivity contribution in [1.29, 1.82) is 0 Å². The molecule has 0 radical (unpaired) electrons. The number of carbonyl (C=O) groups is 1. The third-order valence-corrected chi connectivity index (χ3v) is 3.08. The molecular formula is C14H13ClFN3O2. The van der Waals surface area contributed by atoms with Crippen molar-refractivity contribution in [2.45, 2.75) is 6.54 Å². The highest BCUT2D eigenvalue weighted by Crippen LogP contribution is 2.22. The number of nitrogens with one attached hydrogen (secondary N) is 2. The summed E-state index contributed by atoms with van der Waals surface area (Å²) < 4.78 is 13.3. The van der Waals surface area contributed by atoms with Crippen molar-refractivity contribution in [1.82, 2.24) is 0 Å². The Morgan fingerprint density at radius 3 is 2.67 bits per heavy atom. The van der Waals surface area contributed by atoms with Gasteiger partial charge in [-0.1, -0.05) is 17.7 Å². The molecule has 5 nitrogen and oxygen atoms in total. The molecule has 5 N–H and O–H groups in total. The number of amides is 1. The zero-order valence-corrected chi connectivity index (χ0v) is 11.6. The van der Waals surface area contributed by atoms with Gasteiger partial charge in [-0.15, -0.1) is 0 Å². The molecule has 0 atom stereocenters. The lowest BCUT2D eigenvalue weighted by atomic mass is 10.1. The molecule has 0 fully saturated rings. The Labute approximate surface area is 125 Å². The molecule has 0 aliphatic rings. The lowest BCUT2D eigenvalue weighted by Crippen LogP contribution is -2.09. The molecule has 0 bridgehead atoms. The van der Waals surface area contributed by atoms with Crippen LogP contribution < -0.4 is 16.4 Å². The van der Waals surface area contributed by atoms with Crippen LogP contribution in [0.2, 0.25) is 5.02 Å². The summed E-state index contributed by atoms with van der Waals surface area (Å²) in [4.78, 5) is 10.6. The smallest absolute Gasteiger partial charge is 0.409 e. The van der Waals surface area contributed by atoms with E-state index in [-0.39, 0.29) is 5.02 Å². The Morgan fingerprint density at radius 1 is 1.29 bits per heavy atom. The summed E-state index contributed by atoms with van der Waals surface area (Å²) in [6.07, 6.45) is -1.18. The lowest BCUT2D eigenvalue weighted by molar-refractivity contribution is 0.210. The van der Waals surface area contributed by atoms with Crippen LogP contribution in [0.15, 0.2) is 36.4 Å². The van der Waals surface area contributed by atoms with Gasteiger partial charge in [0.1, 0.15) is 5.82 Å². The number of hydrogen-bond donors (Lipinski definition) is 4. The summed E-state index contributed by atoms with van der Waals surface area (Å²) in [5, 5.41) is 13.9. The van der Waals surface area contributed by atoms with Crippen LogP contribution in [0.25, 0.3) is 0 Å². The minimum Gasteiger partial charge on any atom is -0.465 e. The lowest BCUT2D eigenvalue weighted by Gasteiger charge is -2.10. The van der Waals surface area contributed by atoms with E-state index in [1.165, 1.54) is 12.1 Å². The van der Waals surface area contributed by atoms with E-state index >= 15 is 0 Å². The van der Waals surface area contributed by atoms with Crippen molar-refractivity contribution in [3.8, 4) is 0 Å². The van der Waals surface area contributed by atoms with E-state index in [4.69, 9.17) is 22.4 Å². The Hall–Kier alpha value is -2.47. The van der Waals surface area contributed by atoms with E-state index in [2.05, 4.69) is 10.6 Å². The zero-order chi connectivity index (χ0) is 15.4. The van der Waals surface area contributed by atoms with E-state index in [1.807, 2.05) is 0 Å². The van der Waals surface area contributed by atoms with E-state index in [0.29, 0.717) is 23.6 Å². The van der Waals surface area contributed by atoms with Crippen LogP contribution in [-0.4, -0.2) is 11.2 Å². The Balaban J connectivity index is 2.04. The molecule has 21 heavy (non-hydrogen) atoms. The van der Waals surface area contributed by atoms with E-state index in [0.717, 1.165) is 5.56 Å². The summed E-state index contributed by atoms with van der Waals surface area (Å²) >= 11 is 5.60. The first-order valence-corrected chi connectivity index (χ1v) is 6.41. The van der Waals surface area contributed by atoms with Gasteiger partial charge in [-0.25, -0.2) is 9.18 Å². The van der Waals surface area contributed by atoms with Gasteiger partial charge in [0.15, 0.2) is 0 Å². The van der Waals surface area contributed by atoms with Crippen LogP contribution in [0.4, 0.5) is 26.2 Å². The fourth-order valence-electron chi connectivity index (χ4n) is 1.76. The summed E-state index contributed by atoms with van der Waals surface area (Å²) in [7, 11) is 0. The fourth-order valence-corrected chi connectivity index (χ4v) is 1.88. The molecule has 2 aromatic carbocycles. The highest BCUT2D eigenvalue weighted by atomic mass is 35.5. The van der Waals surface area contributed by atoms with Gasteiger partial charge < -0.3 is 16.2 Å². The number of rotatable bonds is 4. The molecule has 0 unspecified atom stereocenters. The molecule has 0 saturated heterocycles. The number of halogens is 2. The van der Waals surface area contributed by atoms with Crippen LogP contribution in [0, 0.1) is 5.82 Å². The second kappa shape index (κ2) is 6.32. The van der Waals surface area contributed by atoms with Crippen LogP contribution >= 0.6 is 11.6 Å². The number of nitrogens with two attached hydrogens (primary N) is 1. The first-order valence-electron chi connectivity index (χ1n) is 6.03. The number of anilines is 3. The van der Waals surface area contributed by atoms with Crippen LogP contribution in [0.5, 0.6) is 0 Å². The average molecular weight is 310 g/mol. The van der Waals surface area contributed by atoms with Crippen molar-refractivity contribution in [2.24, 2.45) is 0 Å². The van der Waals surface area contributed by atoms with Crippen LogP contribution in [-0.2, 0) is 6.54 Å². The van der Waals surface area contributed by atoms with E-state index in [1.54, 1.807) is 24.3 Å². The first-order chi connectivity index (χ1) is 9.95. The van der Waals surface area contributed by atoms with E-state index < -0.39 is 11.9 Å². The molecule has 110 valence electrons. The predicted octanol–water partition coefficient (Wildman–Crippen LogP) is 3.76. The second-order valence-corrected chi connectivity index (χ2v) is 4.74. The summed E-state index contributed by atoms with van der Waals surface area (Å²) in [5.74, 6) is -0.498. The van der Waals surface area contributed by atoms with Crippen molar-refractivity contribution < 1.29 is 14.3 Å².